The van der Waals surface area contributed by atoms with Crippen molar-refractivity contribution >= 4 is 11.6 Å². The molecule has 0 aromatic heterocycles. The number of anilines is 1. The van der Waals surface area contributed by atoms with Gasteiger partial charge in [0.25, 0.3) is 5.91 Å². The fourth-order valence-electron chi connectivity index (χ4n) is 1.59. The smallest absolute Gasteiger partial charge is 0.259 e. The highest BCUT2D eigenvalue weighted by molar-refractivity contribution is 6.01. The first-order valence-corrected chi connectivity index (χ1v) is 5.80. The molecule has 0 unspecified atom stereocenters. The van der Waals surface area contributed by atoms with Crippen LogP contribution >= 0.6 is 0 Å². The second kappa shape index (κ2) is 6.26. The molecule has 1 aromatic carbocycles. The van der Waals surface area contributed by atoms with E-state index in [4.69, 9.17) is 10.5 Å². The van der Waals surface area contributed by atoms with Crippen LogP contribution in [0.2, 0.25) is 0 Å². The summed E-state index contributed by atoms with van der Waals surface area (Å²) in [4.78, 5) is 16.0. The van der Waals surface area contributed by atoms with Crippen LogP contribution in [0.25, 0.3) is 0 Å². The lowest BCUT2D eigenvalue weighted by atomic mass is 10.1. The Morgan fingerprint density at radius 2 is 1.94 bits per heavy atom. The van der Waals surface area contributed by atoms with Crippen LogP contribution < -0.4 is 10.5 Å². The van der Waals surface area contributed by atoms with E-state index in [-0.39, 0.29) is 5.91 Å². The number of nitrogen functional groups attached to an aromatic ring is 1. The van der Waals surface area contributed by atoms with Gasteiger partial charge >= 0.3 is 0 Å². The van der Waals surface area contributed by atoms with Crippen LogP contribution in [0.3, 0.4) is 0 Å². The summed E-state index contributed by atoms with van der Waals surface area (Å²) in [5, 5.41) is 0. The molecule has 0 fully saturated rings. The van der Waals surface area contributed by atoms with Crippen molar-refractivity contribution in [2.75, 3.05) is 47.1 Å². The molecule has 0 atom stereocenters. The molecule has 0 saturated carbocycles. The van der Waals surface area contributed by atoms with E-state index in [1.165, 1.54) is 7.11 Å². The Kier molecular flexibility index (Phi) is 4.97. The Morgan fingerprint density at radius 3 is 2.50 bits per heavy atom. The van der Waals surface area contributed by atoms with Crippen molar-refractivity contribution in [1.82, 2.24) is 9.80 Å². The van der Waals surface area contributed by atoms with Crippen molar-refractivity contribution in [3.8, 4) is 5.75 Å². The van der Waals surface area contributed by atoms with Crippen LogP contribution in [0.4, 0.5) is 5.69 Å². The van der Waals surface area contributed by atoms with E-state index in [0.29, 0.717) is 23.5 Å². The number of rotatable bonds is 5. The predicted octanol–water partition coefficient (Wildman–Crippen LogP) is 0.911. The highest BCUT2D eigenvalue weighted by atomic mass is 16.5. The summed E-state index contributed by atoms with van der Waals surface area (Å²) in [6.07, 6.45) is 0. The van der Waals surface area contributed by atoms with Crippen molar-refractivity contribution in [3.05, 3.63) is 23.8 Å². The minimum Gasteiger partial charge on any atom is -0.496 e. The number of methoxy groups -OCH3 is 1. The number of carbonyl (C=O) groups excluding carboxylic acids is 1. The number of carbonyl (C=O) groups is 1. The molecule has 0 bridgehead atoms. The van der Waals surface area contributed by atoms with Crippen molar-refractivity contribution in [1.29, 1.82) is 0 Å². The molecule has 0 aliphatic heterocycles. The van der Waals surface area contributed by atoms with Crippen LogP contribution in [0.1, 0.15) is 10.4 Å². The average Bonchev–Trinajstić information content (AvgIpc) is 2.34. The molecule has 18 heavy (non-hydrogen) atoms. The normalized spacial score (nSPS) is 10.5. The number of ether oxygens (including phenoxy) is 1. The molecule has 1 amide bonds. The van der Waals surface area contributed by atoms with Gasteiger partial charge in [-0.3, -0.25) is 4.79 Å². The third-order valence-electron chi connectivity index (χ3n) is 2.72. The van der Waals surface area contributed by atoms with Crippen LogP contribution in [0, 0.1) is 0 Å². The number of amides is 1. The van der Waals surface area contributed by atoms with E-state index in [0.717, 1.165) is 6.54 Å². The lowest BCUT2D eigenvalue weighted by molar-refractivity contribution is 0.0784. The maximum absolute atomic E-state index is 12.3. The molecular weight excluding hydrogens is 230 g/mol. The fourth-order valence-corrected chi connectivity index (χ4v) is 1.59. The minimum atomic E-state index is -0.119. The SMILES string of the molecule is COc1cccc(N)c1C(=O)N(C)CCN(C)C. The topological polar surface area (TPSA) is 58.8 Å². The Morgan fingerprint density at radius 1 is 1.28 bits per heavy atom. The summed E-state index contributed by atoms with van der Waals surface area (Å²) >= 11 is 0. The molecule has 0 aliphatic rings. The zero-order chi connectivity index (χ0) is 13.7. The zero-order valence-electron chi connectivity index (χ0n) is 11.4. The van der Waals surface area contributed by atoms with Gasteiger partial charge in [0.2, 0.25) is 0 Å². The van der Waals surface area contributed by atoms with E-state index in [9.17, 15) is 4.79 Å². The van der Waals surface area contributed by atoms with Gasteiger partial charge in [-0.2, -0.15) is 0 Å². The summed E-state index contributed by atoms with van der Waals surface area (Å²) < 4.78 is 5.19. The Labute approximate surface area is 108 Å². The molecule has 1 aromatic rings. The number of hydrogen-bond acceptors (Lipinski definition) is 4. The number of nitrogens with two attached hydrogens (primary N) is 1. The minimum absolute atomic E-state index is 0.119. The van der Waals surface area contributed by atoms with Crippen LogP contribution in [-0.2, 0) is 0 Å². The van der Waals surface area contributed by atoms with Crippen molar-refractivity contribution in [2.24, 2.45) is 0 Å². The largest absolute Gasteiger partial charge is 0.496 e. The molecule has 1 rings (SSSR count). The van der Waals surface area contributed by atoms with Gasteiger partial charge in [0.05, 0.1) is 7.11 Å². The summed E-state index contributed by atoms with van der Waals surface area (Å²) in [6.45, 7) is 1.45. The van der Waals surface area contributed by atoms with Gasteiger partial charge in [0, 0.05) is 25.8 Å². The standard InChI is InChI=1S/C13H21N3O2/c1-15(2)8-9-16(3)13(17)12-10(14)6-5-7-11(12)18-4/h5-7H,8-9,14H2,1-4H3. The van der Waals surface area contributed by atoms with Gasteiger partial charge in [-0.15, -0.1) is 0 Å². The second-order valence-electron chi connectivity index (χ2n) is 4.45. The molecule has 0 aliphatic carbocycles. The van der Waals surface area contributed by atoms with Crippen molar-refractivity contribution in [3.63, 3.8) is 0 Å². The second-order valence-corrected chi connectivity index (χ2v) is 4.45. The van der Waals surface area contributed by atoms with Crippen LogP contribution in [-0.4, -0.2) is 57.0 Å². The van der Waals surface area contributed by atoms with E-state index >= 15 is 0 Å². The first kappa shape index (κ1) is 14.3. The van der Waals surface area contributed by atoms with Gasteiger partial charge in [-0.25, -0.2) is 0 Å². The van der Waals surface area contributed by atoms with Crippen molar-refractivity contribution in [2.45, 2.75) is 0 Å². The van der Waals surface area contributed by atoms with E-state index in [2.05, 4.69) is 0 Å². The van der Waals surface area contributed by atoms with Crippen LogP contribution in [0.15, 0.2) is 18.2 Å². The number of benzene rings is 1. The summed E-state index contributed by atoms with van der Waals surface area (Å²) in [5.74, 6) is 0.392. The Bertz CT molecular complexity index is 419. The summed E-state index contributed by atoms with van der Waals surface area (Å²) in [7, 11) is 7.23. The van der Waals surface area contributed by atoms with E-state index in [1.54, 1.807) is 30.1 Å². The molecule has 2 N–H and O–H groups in total. The van der Waals surface area contributed by atoms with Gasteiger partial charge in [0.15, 0.2) is 0 Å². The fraction of sp³-hybridized carbons (Fsp3) is 0.462. The molecule has 100 valence electrons. The molecule has 0 spiro atoms. The van der Waals surface area contributed by atoms with Gasteiger partial charge in [0.1, 0.15) is 11.3 Å². The maximum atomic E-state index is 12.3. The monoisotopic (exact) mass is 251 g/mol. The highest BCUT2D eigenvalue weighted by Gasteiger charge is 2.19. The first-order chi connectivity index (χ1) is 8.47. The third-order valence-corrected chi connectivity index (χ3v) is 2.72. The number of hydrogen-bond donors (Lipinski definition) is 1. The maximum Gasteiger partial charge on any atom is 0.259 e. The summed E-state index contributed by atoms with van der Waals surface area (Å²) in [5.41, 5.74) is 6.73. The Hall–Kier alpha value is -1.75. The molecule has 5 heteroatoms. The van der Waals surface area contributed by atoms with Crippen molar-refractivity contribution < 1.29 is 9.53 Å². The molecule has 0 heterocycles. The van der Waals surface area contributed by atoms with Gasteiger partial charge in [-0.1, -0.05) is 6.07 Å². The van der Waals surface area contributed by atoms with Gasteiger partial charge in [-0.05, 0) is 26.2 Å². The lowest BCUT2D eigenvalue weighted by Gasteiger charge is -2.21. The molecule has 5 nitrogen and oxygen atoms in total. The Balaban J connectivity index is 2.89. The average molecular weight is 251 g/mol. The summed E-state index contributed by atoms with van der Waals surface area (Å²) in [6, 6.07) is 5.21. The lowest BCUT2D eigenvalue weighted by Crippen LogP contribution is -2.34. The highest BCUT2D eigenvalue weighted by Crippen LogP contribution is 2.25. The zero-order valence-corrected chi connectivity index (χ0v) is 11.4. The van der Waals surface area contributed by atoms with Gasteiger partial charge < -0.3 is 20.3 Å². The number of likely N-dealkylation sites (N-methyl/N-ethyl adjacent to an activating group) is 2. The van der Waals surface area contributed by atoms with E-state index < -0.39 is 0 Å². The predicted molar refractivity (Wildman–Crippen MR) is 72.9 cm³/mol. The quantitative estimate of drug-likeness (QED) is 0.790. The molecule has 0 radical (unpaired) electrons. The number of nitrogens with zero attached hydrogens (tertiary/aromatic N) is 2. The van der Waals surface area contributed by atoms with Crippen LogP contribution in [0.5, 0.6) is 5.75 Å². The molecule has 0 saturated heterocycles. The first-order valence-electron chi connectivity index (χ1n) is 5.80. The molecular formula is C13H21N3O2. The van der Waals surface area contributed by atoms with E-state index in [1.807, 2.05) is 19.0 Å². The third kappa shape index (κ3) is 3.37.